The Morgan fingerprint density at radius 1 is 1.14 bits per heavy atom. The highest BCUT2D eigenvalue weighted by Gasteiger charge is 2.45. The van der Waals surface area contributed by atoms with E-state index in [4.69, 9.17) is 0 Å². The van der Waals surface area contributed by atoms with Crippen LogP contribution in [0.25, 0.3) is 11.4 Å². The highest BCUT2D eigenvalue weighted by molar-refractivity contribution is 5.98. The molecule has 1 aromatic heterocycles. The van der Waals surface area contributed by atoms with Crippen LogP contribution in [0.3, 0.4) is 0 Å². The molecule has 1 aliphatic carbocycles. The van der Waals surface area contributed by atoms with Gasteiger partial charge in [-0.25, -0.2) is 4.79 Å². The van der Waals surface area contributed by atoms with Gasteiger partial charge in [0, 0.05) is 18.2 Å². The fourth-order valence-electron chi connectivity index (χ4n) is 3.44. The number of carboxylic acids is 1. The Kier molecular flexibility index (Phi) is 5.14. The minimum Gasteiger partial charge on any atom is -0.479 e. The molecule has 0 bridgehead atoms. The predicted octanol–water partition coefficient (Wildman–Crippen LogP) is 3.61. The summed E-state index contributed by atoms with van der Waals surface area (Å²) in [6.07, 6.45) is -1.60. The van der Waals surface area contributed by atoms with Crippen molar-refractivity contribution in [3.8, 4) is 11.4 Å². The molecule has 0 atom stereocenters. The molecule has 1 aromatic carbocycles. The first-order valence-corrected chi connectivity index (χ1v) is 8.68. The molecule has 2 aromatic rings. The standard InChI is InChI=1S/C18H18F3N3O4/c1-24(17(16(26)27)9-3-2-4-10-17)14(25)12-7-5-11(6-8-12)13-22-15(28-23-13)18(19,20)21/h5-8H,2-4,9-10H2,1H3,(H,26,27). The van der Waals surface area contributed by atoms with Crippen molar-refractivity contribution in [2.75, 3.05) is 7.05 Å². The first-order valence-electron chi connectivity index (χ1n) is 8.68. The summed E-state index contributed by atoms with van der Waals surface area (Å²) in [5.41, 5.74) is -0.787. The lowest BCUT2D eigenvalue weighted by atomic mass is 9.80. The average Bonchev–Trinajstić information content (AvgIpc) is 3.18. The minimum absolute atomic E-state index is 0.219. The summed E-state index contributed by atoms with van der Waals surface area (Å²) in [6, 6.07) is 5.58. The Morgan fingerprint density at radius 3 is 2.25 bits per heavy atom. The molecule has 0 radical (unpaired) electrons. The summed E-state index contributed by atoms with van der Waals surface area (Å²) in [5.74, 6) is -3.22. The third kappa shape index (κ3) is 3.58. The molecule has 1 fully saturated rings. The Balaban J connectivity index is 1.81. The van der Waals surface area contributed by atoms with Gasteiger partial charge in [0.1, 0.15) is 5.54 Å². The zero-order chi connectivity index (χ0) is 20.5. The third-order valence-corrected chi connectivity index (χ3v) is 5.08. The number of hydrogen-bond acceptors (Lipinski definition) is 5. The van der Waals surface area contributed by atoms with Crippen molar-refractivity contribution in [3.05, 3.63) is 35.7 Å². The molecule has 0 spiro atoms. The molecule has 1 saturated carbocycles. The van der Waals surface area contributed by atoms with Gasteiger partial charge in [-0.15, -0.1) is 0 Å². The van der Waals surface area contributed by atoms with E-state index >= 15 is 0 Å². The second-order valence-corrected chi connectivity index (χ2v) is 6.76. The van der Waals surface area contributed by atoms with Gasteiger partial charge in [-0.1, -0.05) is 36.6 Å². The molecule has 1 amide bonds. The van der Waals surface area contributed by atoms with Crippen LogP contribution in [0.15, 0.2) is 28.8 Å². The van der Waals surface area contributed by atoms with Gasteiger partial charge in [-0.05, 0) is 25.0 Å². The fraction of sp³-hybridized carbons (Fsp3) is 0.444. The summed E-state index contributed by atoms with van der Waals surface area (Å²) >= 11 is 0. The van der Waals surface area contributed by atoms with E-state index in [1.165, 1.54) is 36.2 Å². The molecule has 1 N–H and O–H groups in total. The number of rotatable bonds is 4. The van der Waals surface area contributed by atoms with Gasteiger partial charge in [0.25, 0.3) is 5.91 Å². The zero-order valence-corrected chi connectivity index (χ0v) is 15.0. The Bertz CT molecular complexity index is 871. The molecular formula is C18H18F3N3O4. The number of carboxylic acid groups (broad SMARTS) is 1. The van der Waals surface area contributed by atoms with Crippen LogP contribution in [-0.4, -0.2) is 44.6 Å². The maximum atomic E-state index is 12.8. The molecule has 0 saturated heterocycles. The van der Waals surface area contributed by atoms with E-state index in [1.807, 2.05) is 0 Å². The maximum absolute atomic E-state index is 12.8. The smallest absolute Gasteiger partial charge is 0.471 e. The van der Waals surface area contributed by atoms with Crippen molar-refractivity contribution in [1.82, 2.24) is 15.0 Å². The molecule has 1 aliphatic rings. The van der Waals surface area contributed by atoms with Crippen molar-refractivity contribution in [1.29, 1.82) is 0 Å². The normalized spacial score (nSPS) is 16.6. The van der Waals surface area contributed by atoms with Crippen molar-refractivity contribution in [2.24, 2.45) is 0 Å². The topological polar surface area (TPSA) is 96.5 Å². The Hall–Kier alpha value is -2.91. The average molecular weight is 397 g/mol. The molecule has 7 nitrogen and oxygen atoms in total. The van der Waals surface area contributed by atoms with Crippen LogP contribution in [0.2, 0.25) is 0 Å². The van der Waals surface area contributed by atoms with Gasteiger partial charge < -0.3 is 14.5 Å². The highest BCUT2D eigenvalue weighted by Crippen LogP contribution is 2.34. The van der Waals surface area contributed by atoms with E-state index in [0.717, 1.165) is 19.3 Å². The van der Waals surface area contributed by atoms with Crippen molar-refractivity contribution in [2.45, 2.75) is 43.8 Å². The first kappa shape index (κ1) is 19.8. The summed E-state index contributed by atoms with van der Waals surface area (Å²) in [7, 11) is 1.46. The number of hydrogen-bond donors (Lipinski definition) is 1. The van der Waals surface area contributed by atoms with E-state index in [9.17, 15) is 27.9 Å². The summed E-state index contributed by atoms with van der Waals surface area (Å²) in [5, 5.41) is 13.0. The number of aliphatic carboxylic acids is 1. The number of halogens is 3. The summed E-state index contributed by atoms with van der Waals surface area (Å²) < 4.78 is 41.9. The highest BCUT2D eigenvalue weighted by atomic mass is 19.4. The molecule has 0 aliphatic heterocycles. The van der Waals surface area contributed by atoms with Gasteiger partial charge in [0.15, 0.2) is 0 Å². The van der Waals surface area contributed by atoms with Gasteiger partial charge in [0.2, 0.25) is 5.82 Å². The Labute approximate surface area is 158 Å². The molecule has 10 heteroatoms. The first-order chi connectivity index (χ1) is 13.1. The van der Waals surface area contributed by atoms with Crippen LogP contribution < -0.4 is 0 Å². The Morgan fingerprint density at radius 2 is 1.75 bits per heavy atom. The van der Waals surface area contributed by atoms with E-state index in [1.54, 1.807) is 0 Å². The number of carbonyl (C=O) groups excluding carboxylic acids is 1. The SMILES string of the molecule is CN(C(=O)c1ccc(-c2noc(C(F)(F)F)n2)cc1)C1(C(=O)O)CCCCC1. The van der Waals surface area contributed by atoms with E-state index in [2.05, 4.69) is 14.7 Å². The lowest BCUT2D eigenvalue weighted by Crippen LogP contribution is -2.56. The minimum atomic E-state index is -4.74. The van der Waals surface area contributed by atoms with Crippen LogP contribution >= 0.6 is 0 Å². The lowest BCUT2D eigenvalue weighted by Gasteiger charge is -2.41. The second kappa shape index (κ2) is 7.25. The van der Waals surface area contributed by atoms with E-state index in [-0.39, 0.29) is 17.0 Å². The second-order valence-electron chi connectivity index (χ2n) is 6.76. The van der Waals surface area contributed by atoms with E-state index < -0.39 is 29.5 Å². The number of nitrogens with zero attached hydrogens (tertiary/aromatic N) is 3. The van der Waals surface area contributed by atoms with Crippen LogP contribution in [0.4, 0.5) is 13.2 Å². The number of alkyl halides is 3. The molecule has 1 heterocycles. The van der Waals surface area contributed by atoms with Gasteiger partial charge >= 0.3 is 18.0 Å². The number of carbonyl (C=O) groups is 2. The monoisotopic (exact) mass is 397 g/mol. The summed E-state index contributed by atoms with van der Waals surface area (Å²) in [4.78, 5) is 29.2. The molecular weight excluding hydrogens is 379 g/mol. The van der Waals surface area contributed by atoms with Gasteiger partial charge in [-0.3, -0.25) is 4.79 Å². The summed E-state index contributed by atoms with van der Waals surface area (Å²) in [6.45, 7) is 0. The van der Waals surface area contributed by atoms with Crippen molar-refractivity contribution >= 4 is 11.9 Å². The van der Waals surface area contributed by atoms with Crippen LogP contribution in [0.1, 0.15) is 48.4 Å². The number of benzene rings is 1. The maximum Gasteiger partial charge on any atom is 0.471 e. The zero-order valence-electron chi connectivity index (χ0n) is 15.0. The molecule has 0 unspecified atom stereocenters. The van der Waals surface area contributed by atoms with Gasteiger partial charge in [0.05, 0.1) is 0 Å². The van der Waals surface area contributed by atoms with Gasteiger partial charge in [-0.2, -0.15) is 18.2 Å². The quantitative estimate of drug-likeness (QED) is 0.847. The van der Waals surface area contributed by atoms with Crippen LogP contribution in [0, 0.1) is 0 Å². The van der Waals surface area contributed by atoms with Crippen molar-refractivity contribution in [3.63, 3.8) is 0 Å². The largest absolute Gasteiger partial charge is 0.479 e. The number of aromatic nitrogens is 2. The van der Waals surface area contributed by atoms with Crippen LogP contribution in [-0.2, 0) is 11.0 Å². The fourth-order valence-corrected chi connectivity index (χ4v) is 3.44. The van der Waals surface area contributed by atoms with Crippen LogP contribution in [0.5, 0.6) is 0 Å². The molecule has 28 heavy (non-hydrogen) atoms. The number of likely N-dealkylation sites (N-methyl/N-ethyl adjacent to an activating group) is 1. The predicted molar refractivity (Wildman–Crippen MR) is 90.3 cm³/mol. The van der Waals surface area contributed by atoms with E-state index in [0.29, 0.717) is 12.8 Å². The third-order valence-electron chi connectivity index (χ3n) is 5.08. The lowest BCUT2D eigenvalue weighted by molar-refractivity contribution is -0.159. The molecule has 150 valence electrons. The van der Waals surface area contributed by atoms with Crippen molar-refractivity contribution < 1.29 is 32.4 Å². The molecule has 3 rings (SSSR count). The number of amides is 1.